The average Bonchev–Trinajstić information content (AvgIpc) is 3.40. The zero-order valence-electron chi connectivity index (χ0n) is 24.4. The zero-order chi connectivity index (χ0) is 30.3. The van der Waals surface area contributed by atoms with Gasteiger partial charge in [-0.3, -0.25) is 19.8 Å². The van der Waals surface area contributed by atoms with Crippen LogP contribution in [0, 0.1) is 11.7 Å². The van der Waals surface area contributed by atoms with E-state index >= 15 is 0 Å². The normalized spacial score (nSPS) is 15.2. The maximum absolute atomic E-state index is 14.8. The van der Waals surface area contributed by atoms with Gasteiger partial charge >= 0.3 is 0 Å². The molecule has 3 N–H and O–H groups in total. The smallest absolute Gasteiger partial charge is 0.227 e. The van der Waals surface area contributed by atoms with E-state index < -0.39 is 0 Å². The lowest BCUT2D eigenvalue weighted by molar-refractivity contribution is -0.117. The van der Waals surface area contributed by atoms with Gasteiger partial charge < -0.3 is 15.0 Å². The van der Waals surface area contributed by atoms with Gasteiger partial charge in [-0.15, -0.1) is 0 Å². The van der Waals surface area contributed by atoms with Gasteiger partial charge in [-0.1, -0.05) is 0 Å². The van der Waals surface area contributed by atoms with E-state index in [1.54, 1.807) is 24.8 Å². The number of pyridine rings is 3. The first kappa shape index (κ1) is 27.3. The molecule has 1 aliphatic heterocycles. The number of aromatic nitrogens is 7. The summed E-state index contributed by atoms with van der Waals surface area (Å²) in [6.07, 6.45) is 11.0. The van der Waals surface area contributed by atoms with Crippen LogP contribution in [-0.2, 0) is 4.79 Å². The highest BCUT2D eigenvalue weighted by atomic mass is 19.1. The van der Waals surface area contributed by atoms with E-state index in [0.717, 1.165) is 54.6 Å². The molecule has 6 aromatic rings. The third-order valence-electron chi connectivity index (χ3n) is 8.38. The molecule has 2 fully saturated rings. The first-order valence-electron chi connectivity index (χ1n) is 15.2. The number of anilines is 1. The molecule has 1 aliphatic carbocycles. The summed E-state index contributed by atoms with van der Waals surface area (Å²) in [5.41, 5.74) is 5.99. The Kier molecular flexibility index (Phi) is 6.90. The van der Waals surface area contributed by atoms with Crippen molar-refractivity contribution in [3.63, 3.8) is 0 Å². The summed E-state index contributed by atoms with van der Waals surface area (Å²) in [6.45, 7) is 3.49. The molecule has 0 unspecified atom stereocenters. The lowest BCUT2D eigenvalue weighted by Crippen LogP contribution is -2.25. The van der Waals surface area contributed by atoms with Gasteiger partial charge in [0.2, 0.25) is 5.91 Å². The quantitative estimate of drug-likeness (QED) is 0.195. The first-order valence-corrected chi connectivity index (χ1v) is 15.2. The molecule has 1 saturated heterocycles. The van der Waals surface area contributed by atoms with Crippen molar-refractivity contribution in [1.82, 2.24) is 40.0 Å². The van der Waals surface area contributed by atoms with Crippen molar-refractivity contribution >= 4 is 33.8 Å². The Bertz CT molecular complexity index is 2050. The van der Waals surface area contributed by atoms with Crippen LogP contribution in [0.3, 0.4) is 0 Å². The van der Waals surface area contributed by atoms with Gasteiger partial charge in [-0.25, -0.2) is 19.3 Å². The van der Waals surface area contributed by atoms with Crippen LogP contribution in [0.15, 0.2) is 61.2 Å². The van der Waals surface area contributed by atoms with Crippen molar-refractivity contribution in [2.75, 3.05) is 31.6 Å². The van der Waals surface area contributed by atoms with Crippen molar-refractivity contribution in [2.45, 2.75) is 25.7 Å². The van der Waals surface area contributed by atoms with E-state index in [0.29, 0.717) is 51.9 Å². The van der Waals surface area contributed by atoms with E-state index in [1.807, 2.05) is 24.3 Å². The van der Waals surface area contributed by atoms with Gasteiger partial charge in [-0.2, -0.15) is 5.10 Å². The third kappa shape index (κ3) is 5.60. The highest BCUT2D eigenvalue weighted by Gasteiger charge is 2.29. The summed E-state index contributed by atoms with van der Waals surface area (Å²) >= 11 is 0. The van der Waals surface area contributed by atoms with Crippen molar-refractivity contribution in [2.24, 2.45) is 5.92 Å². The number of aromatic amines is 2. The summed E-state index contributed by atoms with van der Waals surface area (Å²) in [7, 11) is 0. The fraction of sp³-hybridized carbons (Fsp3) is 0.273. The minimum Gasteiger partial charge on any atom is -0.492 e. The molecule has 0 bridgehead atoms. The summed E-state index contributed by atoms with van der Waals surface area (Å²) in [5, 5.41) is 11.1. The van der Waals surface area contributed by atoms with Crippen molar-refractivity contribution in [3.8, 4) is 39.5 Å². The molecule has 45 heavy (non-hydrogen) atoms. The van der Waals surface area contributed by atoms with Gasteiger partial charge in [-0.05, 0) is 74.7 Å². The maximum atomic E-state index is 14.8. The van der Waals surface area contributed by atoms with E-state index in [1.165, 1.54) is 25.0 Å². The van der Waals surface area contributed by atoms with Crippen LogP contribution in [0.5, 0.6) is 5.75 Å². The molecular formula is C33H30FN9O2. The maximum Gasteiger partial charge on any atom is 0.227 e. The Morgan fingerprint density at radius 3 is 2.73 bits per heavy atom. The predicted molar refractivity (Wildman–Crippen MR) is 168 cm³/mol. The van der Waals surface area contributed by atoms with Crippen LogP contribution < -0.4 is 10.1 Å². The summed E-state index contributed by atoms with van der Waals surface area (Å²) in [6, 6.07) is 10.4. The first-order chi connectivity index (χ1) is 22.1. The minimum absolute atomic E-state index is 0.0250. The molecule has 1 amide bonds. The SMILES string of the molecule is O=C(Nc1cncc(-c2cnc3n[nH]c(-c4nc5nccc(-c6cc(F)cc(OCCN7CCCC7)c6)c5[nH]4)c3c2)c1)C1CC1. The topological polar surface area (TPSA) is 138 Å². The highest BCUT2D eigenvalue weighted by Crippen LogP contribution is 2.34. The largest absolute Gasteiger partial charge is 0.492 e. The second-order valence-electron chi connectivity index (χ2n) is 11.6. The summed E-state index contributed by atoms with van der Waals surface area (Å²) < 4.78 is 20.7. The minimum atomic E-state index is -0.378. The van der Waals surface area contributed by atoms with Gasteiger partial charge in [0.25, 0.3) is 0 Å². The molecule has 12 heteroatoms. The van der Waals surface area contributed by atoms with Crippen LogP contribution >= 0.6 is 0 Å². The third-order valence-corrected chi connectivity index (χ3v) is 8.38. The number of rotatable bonds is 9. The number of hydrogen-bond donors (Lipinski definition) is 3. The molecule has 11 nitrogen and oxygen atoms in total. The lowest BCUT2D eigenvalue weighted by atomic mass is 10.1. The molecule has 1 saturated carbocycles. The van der Waals surface area contributed by atoms with Gasteiger partial charge in [0.15, 0.2) is 17.1 Å². The van der Waals surface area contributed by atoms with E-state index in [-0.39, 0.29) is 17.6 Å². The van der Waals surface area contributed by atoms with Crippen LogP contribution in [-0.4, -0.2) is 72.2 Å². The van der Waals surface area contributed by atoms with Crippen molar-refractivity contribution in [1.29, 1.82) is 0 Å². The second kappa shape index (κ2) is 11.4. The Morgan fingerprint density at radius 2 is 1.87 bits per heavy atom. The number of amides is 1. The van der Waals surface area contributed by atoms with E-state index in [2.05, 4.69) is 40.3 Å². The number of likely N-dealkylation sites (tertiary alicyclic amines) is 1. The van der Waals surface area contributed by atoms with Gasteiger partial charge in [0.1, 0.15) is 23.9 Å². The lowest BCUT2D eigenvalue weighted by Gasteiger charge is -2.15. The average molecular weight is 604 g/mol. The number of fused-ring (bicyclic) bond motifs is 2. The number of nitrogens with zero attached hydrogens (tertiary/aromatic N) is 6. The molecule has 8 rings (SSSR count). The number of carbonyl (C=O) groups is 1. The van der Waals surface area contributed by atoms with Crippen LogP contribution in [0.2, 0.25) is 0 Å². The number of nitrogens with one attached hydrogen (secondary N) is 3. The molecule has 226 valence electrons. The molecule has 0 spiro atoms. The fourth-order valence-electron chi connectivity index (χ4n) is 5.86. The Labute approximate surface area is 257 Å². The van der Waals surface area contributed by atoms with Gasteiger partial charge in [0, 0.05) is 53.8 Å². The summed E-state index contributed by atoms with van der Waals surface area (Å²) in [4.78, 5) is 36.1. The Hall–Kier alpha value is -5.23. The predicted octanol–water partition coefficient (Wildman–Crippen LogP) is 5.59. The monoisotopic (exact) mass is 603 g/mol. The fourth-order valence-corrected chi connectivity index (χ4v) is 5.86. The highest BCUT2D eigenvalue weighted by molar-refractivity contribution is 5.97. The zero-order valence-corrected chi connectivity index (χ0v) is 24.4. The number of hydrogen-bond acceptors (Lipinski definition) is 8. The number of benzene rings is 1. The Balaban J connectivity index is 1.10. The molecule has 0 atom stereocenters. The van der Waals surface area contributed by atoms with Crippen LogP contribution in [0.25, 0.3) is 56.0 Å². The molecule has 2 aliphatic rings. The molecular weight excluding hydrogens is 573 g/mol. The molecule has 5 aromatic heterocycles. The van der Waals surface area contributed by atoms with E-state index in [9.17, 15) is 9.18 Å². The number of imidazole rings is 1. The Morgan fingerprint density at radius 1 is 1.00 bits per heavy atom. The molecule has 6 heterocycles. The van der Waals surface area contributed by atoms with Crippen molar-refractivity contribution < 1.29 is 13.9 Å². The standard InChI is InChI=1S/C33H30FN9O2/c34-23-11-20(13-25(15-23)45-10-9-43-7-1-2-8-43)26-5-6-36-31-28(26)39-32(40-31)29-27-14-22(17-37-30(27)42-41-29)21-12-24(18-35-16-21)38-33(44)19-3-4-19/h5-6,11-19H,1-4,7-10H2,(H,38,44)(H,36,39,40)(H,37,41,42). The number of ether oxygens (including phenoxy) is 1. The van der Waals surface area contributed by atoms with Crippen molar-refractivity contribution in [3.05, 3.63) is 67.0 Å². The van der Waals surface area contributed by atoms with Crippen LogP contribution in [0.4, 0.5) is 10.1 Å². The van der Waals surface area contributed by atoms with E-state index in [4.69, 9.17) is 9.72 Å². The number of H-pyrrole nitrogens is 2. The number of halogens is 1. The van der Waals surface area contributed by atoms with Crippen LogP contribution in [0.1, 0.15) is 25.7 Å². The summed E-state index contributed by atoms with van der Waals surface area (Å²) in [5.74, 6) is 0.750. The van der Waals surface area contributed by atoms with Gasteiger partial charge in [0.05, 0.1) is 22.8 Å². The number of carbonyl (C=O) groups excluding carboxylic acids is 1. The molecule has 1 aromatic carbocycles. The second-order valence-corrected chi connectivity index (χ2v) is 11.6. The molecule has 0 radical (unpaired) electrons.